The van der Waals surface area contributed by atoms with Crippen molar-refractivity contribution >= 4 is 57.6 Å². The van der Waals surface area contributed by atoms with Crippen molar-refractivity contribution in [3.8, 4) is 0 Å². The molecule has 0 radical (unpaired) electrons. The van der Waals surface area contributed by atoms with Crippen LogP contribution in [-0.4, -0.2) is 71.6 Å². The van der Waals surface area contributed by atoms with Gasteiger partial charge in [0.25, 0.3) is 23.8 Å². The lowest BCUT2D eigenvalue weighted by Gasteiger charge is -2.50. The molecule has 14 nitrogen and oxygen atoms in total. The van der Waals surface area contributed by atoms with Gasteiger partial charge in [-0.1, -0.05) is 15.7 Å². The van der Waals surface area contributed by atoms with Gasteiger partial charge in [-0.25, -0.2) is 4.57 Å². The van der Waals surface area contributed by atoms with E-state index in [1.807, 2.05) is 25.1 Å². The summed E-state index contributed by atoms with van der Waals surface area (Å²) in [5.74, 6) is -2.54. The molecule has 2 aliphatic heterocycles. The maximum Gasteiger partial charge on any atom is 0.278 e. The first kappa shape index (κ1) is 23.7. The van der Waals surface area contributed by atoms with Gasteiger partial charge in [0.15, 0.2) is 5.13 Å². The van der Waals surface area contributed by atoms with E-state index in [1.54, 1.807) is 15.4 Å². The van der Waals surface area contributed by atoms with Crippen LogP contribution in [0.1, 0.15) is 11.5 Å². The smallest absolute Gasteiger partial charge is 0.278 e. The zero-order valence-electron chi connectivity index (χ0n) is 18.9. The van der Waals surface area contributed by atoms with Crippen LogP contribution in [0, 0.1) is 6.92 Å². The number of nitrogens with zero attached hydrogens (tertiary/aromatic N) is 7. The van der Waals surface area contributed by atoms with Crippen molar-refractivity contribution in [2.24, 2.45) is 5.16 Å². The number of carbonyl (C=O) groups excluding carboxylic acids is 3. The Morgan fingerprint density at radius 2 is 2.22 bits per heavy atom. The average Bonchev–Trinajstić information content (AvgIpc) is 3.47. The van der Waals surface area contributed by atoms with Crippen molar-refractivity contribution in [1.29, 1.82) is 0 Å². The van der Waals surface area contributed by atoms with Crippen molar-refractivity contribution < 1.29 is 28.9 Å². The third-order valence-corrected chi connectivity index (χ3v) is 7.56. The van der Waals surface area contributed by atoms with Crippen LogP contribution < -0.4 is 20.7 Å². The number of amides is 2. The monoisotopic (exact) mass is 529 g/mol. The quantitative estimate of drug-likeness (QED) is 0.148. The second-order valence-electron chi connectivity index (χ2n) is 7.88. The summed E-state index contributed by atoms with van der Waals surface area (Å²) in [6.45, 7) is 2.12. The standard InChI is InChI=1S/C20H19N9O5S2/c1-9-4-3-5-11-27(8-22-29(9)11)6-10-7-35-18-13(17(31)28(18)14(10)19(32)33)23-16(30)12(25-34-2)15-24-20(21)36-26-15/h3-5,8,13,18H,6-7H2,1-2H3,(H3-,21,23,24,26,30,32,33)/b25-12+. The number of carbonyl (C=O) groups is 3. The molecule has 0 spiro atoms. The van der Waals surface area contributed by atoms with Crippen LogP contribution in [0.3, 0.4) is 0 Å². The van der Waals surface area contributed by atoms with Gasteiger partial charge in [0, 0.05) is 28.5 Å². The maximum absolute atomic E-state index is 13.0. The Labute approximate surface area is 211 Å². The molecule has 2 amide bonds. The first-order valence-corrected chi connectivity index (χ1v) is 12.3. The van der Waals surface area contributed by atoms with Gasteiger partial charge < -0.3 is 25.8 Å². The fraction of sp³-hybridized carbons (Fsp3) is 0.300. The minimum absolute atomic E-state index is 0.0463. The molecule has 2 atom stereocenters. The van der Waals surface area contributed by atoms with Crippen molar-refractivity contribution in [2.45, 2.75) is 24.9 Å². The summed E-state index contributed by atoms with van der Waals surface area (Å²) in [7, 11) is 1.25. The number of thioether (sulfide) groups is 1. The average molecular weight is 530 g/mol. The number of carboxylic acid groups (broad SMARTS) is 1. The van der Waals surface area contributed by atoms with Crippen LogP contribution in [0.5, 0.6) is 0 Å². The number of oxime groups is 1. The molecular weight excluding hydrogens is 510 g/mol. The van der Waals surface area contributed by atoms with Crippen molar-refractivity contribution in [2.75, 3.05) is 18.6 Å². The summed E-state index contributed by atoms with van der Waals surface area (Å²) >= 11 is 2.21. The van der Waals surface area contributed by atoms with Gasteiger partial charge in [-0.05, 0) is 18.6 Å². The minimum Gasteiger partial charge on any atom is -0.543 e. The molecule has 3 aromatic rings. The van der Waals surface area contributed by atoms with E-state index in [2.05, 4.69) is 24.9 Å². The highest BCUT2D eigenvalue weighted by Crippen LogP contribution is 2.40. The third kappa shape index (κ3) is 3.93. The highest BCUT2D eigenvalue weighted by Gasteiger charge is 2.53. The molecule has 1 saturated heterocycles. The number of β-lactam (4-membered cyclic amide) rings is 1. The van der Waals surface area contributed by atoms with Crippen LogP contribution >= 0.6 is 23.3 Å². The number of nitrogens with two attached hydrogens (primary N) is 1. The fourth-order valence-corrected chi connectivity index (χ4v) is 5.84. The first-order chi connectivity index (χ1) is 17.3. The number of anilines is 1. The lowest BCUT2D eigenvalue weighted by molar-refractivity contribution is -0.664. The molecule has 0 saturated carbocycles. The summed E-state index contributed by atoms with van der Waals surface area (Å²) < 4.78 is 7.49. The van der Waals surface area contributed by atoms with Gasteiger partial charge in [0.05, 0.1) is 18.2 Å². The Morgan fingerprint density at radius 1 is 1.42 bits per heavy atom. The maximum atomic E-state index is 13.0. The molecule has 5 heterocycles. The molecule has 2 aliphatic rings. The van der Waals surface area contributed by atoms with Crippen LogP contribution in [0.15, 0.2) is 41.0 Å². The Hall–Kier alpha value is -4.05. The summed E-state index contributed by atoms with van der Waals surface area (Å²) in [6.07, 6.45) is 1.61. The second-order valence-corrected chi connectivity index (χ2v) is 9.76. The van der Waals surface area contributed by atoms with E-state index >= 15 is 0 Å². The number of fused-ring (bicyclic) bond motifs is 2. The molecule has 5 rings (SSSR count). The Kier molecular flexibility index (Phi) is 6.05. The molecule has 0 aliphatic carbocycles. The minimum atomic E-state index is -1.47. The number of aliphatic carboxylic acids is 1. The highest BCUT2D eigenvalue weighted by molar-refractivity contribution is 8.00. The van der Waals surface area contributed by atoms with Crippen molar-refractivity contribution in [1.82, 2.24) is 29.2 Å². The number of nitrogens with one attached hydrogen (secondary N) is 1. The van der Waals surface area contributed by atoms with E-state index in [9.17, 15) is 19.5 Å². The number of rotatable bonds is 7. The Balaban J connectivity index is 1.38. The van der Waals surface area contributed by atoms with Crippen LogP contribution in [-0.2, 0) is 25.8 Å². The van der Waals surface area contributed by atoms with Gasteiger partial charge in [-0.3, -0.25) is 14.5 Å². The van der Waals surface area contributed by atoms with Gasteiger partial charge in [0.2, 0.25) is 11.5 Å². The zero-order valence-corrected chi connectivity index (χ0v) is 20.6. The summed E-state index contributed by atoms with van der Waals surface area (Å²) in [5.41, 5.74) is 7.32. The molecule has 186 valence electrons. The van der Waals surface area contributed by atoms with Gasteiger partial charge >= 0.3 is 0 Å². The number of carboxylic acids is 1. The molecule has 36 heavy (non-hydrogen) atoms. The molecule has 3 aromatic heterocycles. The Morgan fingerprint density at radius 3 is 2.92 bits per heavy atom. The topological polar surface area (TPSA) is 184 Å². The molecule has 0 bridgehead atoms. The number of aromatic nitrogens is 5. The number of hydrogen-bond acceptors (Lipinski definition) is 12. The SMILES string of the molecule is CO/N=C(/C(=O)NC1C(=O)N2C(C(=O)[O-])=C(C[n+]3cnn4c(C)cccc43)CSC12)c1nsc(N)n1. The zero-order chi connectivity index (χ0) is 25.6. The summed E-state index contributed by atoms with van der Waals surface area (Å²) in [5, 5.41) is 22.2. The number of aryl methyl sites for hydroxylation is 1. The highest BCUT2D eigenvalue weighted by atomic mass is 32.2. The van der Waals surface area contributed by atoms with Gasteiger partial charge in [-0.15, -0.1) is 11.8 Å². The predicted molar refractivity (Wildman–Crippen MR) is 125 cm³/mol. The lowest BCUT2D eigenvalue weighted by Crippen LogP contribution is -2.71. The van der Waals surface area contributed by atoms with E-state index in [0.29, 0.717) is 11.3 Å². The number of nitrogen functional groups attached to an aromatic ring is 1. The molecule has 1 fully saturated rings. The van der Waals surface area contributed by atoms with E-state index < -0.39 is 29.2 Å². The van der Waals surface area contributed by atoms with Crippen molar-refractivity contribution in [3.05, 3.63) is 47.3 Å². The first-order valence-electron chi connectivity index (χ1n) is 10.5. The van der Waals surface area contributed by atoms with Gasteiger partial charge in [-0.2, -0.15) is 9.36 Å². The van der Waals surface area contributed by atoms with Gasteiger partial charge in [0.1, 0.15) is 24.2 Å². The third-order valence-electron chi connectivity index (χ3n) is 5.67. The lowest BCUT2D eigenvalue weighted by atomic mass is 10.0. The van der Waals surface area contributed by atoms with E-state index in [4.69, 9.17) is 10.6 Å². The van der Waals surface area contributed by atoms with E-state index in [0.717, 1.165) is 27.8 Å². The normalized spacial score (nSPS) is 19.8. The Bertz CT molecular complexity index is 1460. The fourth-order valence-electron chi connectivity index (χ4n) is 4.07. The predicted octanol–water partition coefficient (Wildman–Crippen LogP) is -2.18. The van der Waals surface area contributed by atoms with E-state index in [-0.39, 0.29) is 28.9 Å². The van der Waals surface area contributed by atoms with Crippen LogP contribution in [0.2, 0.25) is 0 Å². The largest absolute Gasteiger partial charge is 0.543 e. The summed E-state index contributed by atoms with van der Waals surface area (Å²) in [4.78, 5) is 47.7. The molecular formula is C20H19N9O5S2. The van der Waals surface area contributed by atoms with Crippen LogP contribution in [0.25, 0.3) is 5.65 Å². The van der Waals surface area contributed by atoms with E-state index in [1.165, 1.54) is 18.9 Å². The molecule has 3 N–H and O–H groups in total. The molecule has 0 aromatic carbocycles. The molecule has 16 heteroatoms. The summed E-state index contributed by atoms with van der Waals surface area (Å²) in [6, 6.07) is 4.67. The second kappa shape index (κ2) is 9.19. The van der Waals surface area contributed by atoms with Crippen LogP contribution in [0.4, 0.5) is 5.13 Å². The molecule has 2 unspecified atom stereocenters. The number of hydrogen-bond donors (Lipinski definition) is 2. The van der Waals surface area contributed by atoms with Crippen molar-refractivity contribution in [3.63, 3.8) is 0 Å². The number of pyridine rings is 1.